The van der Waals surface area contributed by atoms with Gasteiger partial charge in [-0.3, -0.25) is 0 Å². The molecule has 102 valence electrons. The summed E-state index contributed by atoms with van der Waals surface area (Å²) in [6.07, 6.45) is 5.65. The van der Waals surface area contributed by atoms with Gasteiger partial charge in [0.25, 0.3) is 0 Å². The third kappa shape index (κ3) is 1.75. The first-order valence-corrected chi connectivity index (χ1v) is 7.48. The van der Waals surface area contributed by atoms with Crippen LogP contribution < -0.4 is 0 Å². The summed E-state index contributed by atoms with van der Waals surface area (Å²) >= 11 is 0. The highest BCUT2D eigenvalue weighted by atomic mass is 14.4. The predicted molar refractivity (Wildman–Crippen MR) is 88.1 cm³/mol. The van der Waals surface area contributed by atoms with Crippen LogP contribution in [0.5, 0.6) is 0 Å². The van der Waals surface area contributed by atoms with Gasteiger partial charge in [0, 0.05) is 5.41 Å². The lowest BCUT2D eigenvalue weighted by molar-refractivity contribution is 0.658. The van der Waals surface area contributed by atoms with Gasteiger partial charge >= 0.3 is 0 Å². The molecule has 0 fully saturated rings. The van der Waals surface area contributed by atoms with Crippen LogP contribution >= 0.6 is 0 Å². The third-order valence-corrected chi connectivity index (χ3v) is 4.50. The quantitative estimate of drug-likeness (QED) is 0.649. The summed E-state index contributed by atoms with van der Waals surface area (Å²) in [6.45, 7) is 9.10. The van der Waals surface area contributed by atoms with E-state index in [2.05, 4.69) is 76.2 Å². The van der Waals surface area contributed by atoms with Crippen LogP contribution in [-0.2, 0) is 5.41 Å². The number of rotatable bonds is 2. The summed E-state index contributed by atoms with van der Waals surface area (Å²) in [4.78, 5) is 0. The molecule has 0 N–H and O–H groups in total. The van der Waals surface area contributed by atoms with Gasteiger partial charge in [0.05, 0.1) is 0 Å². The van der Waals surface area contributed by atoms with Crippen molar-refractivity contribution in [2.45, 2.75) is 39.5 Å². The fourth-order valence-electron chi connectivity index (χ4n) is 3.47. The van der Waals surface area contributed by atoms with Gasteiger partial charge in [-0.15, -0.1) is 0 Å². The number of allylic oxidation sites excluding steroid dienone is 1. The van der Waals surface area contributed by atoms with Crippen molar-refractivity contribution in [1.82, 2.24) is 0 Å². The van der Waals surface area contributed by atoms with Crippen molar-refractivity contribution in [2.75, 3.05) is 0 Å². The molecule has 0 atom stereocenters. The second-order valence-electron chi connectivity index (χ2n) is 6.20. The highest BCUT2D eigenvalue weighted by Gasteiger charge is 2.36. The maximum absolute atomic E-state index is 2.35. The minimum atomic E-state index is 0.0887. The summed E-state index contributed by atoms with van der Waals surface area (Å²) in [5.41, 5.74) is 8.62. The van der Waals surface area contributed by atoms with Gasteiger partial charge in [-0.25, -0.2) is 0 Å². The zero-order valence-corrected chi connectivity index (χ0v) is 12.8. The van der Waals surface area contributed by atoms with E-state index in [-0.39, 0.29) is 5.41 Å². The Morgan fingerprint density at radius 1 is 1.00 bits per heavy atom. The van der Waals surface area contributed by atoms with Crippen LogP contribution in [0.4, 0.5) is 0 Å². The molecule has 0 heterocycles. The summed E-state index contributed by atoms with van der Waals surface area (Å²) in [7, 11) is 0. The molecule has 0 unspecified atom stereocenters. The normalized spacial score (nSPS) is 15.4. The summed E-state index contributed by atoms with van der Waals surface area (Å²) in [6, 6.07) is 13.4. The van der Waals surface area contributed by atoms with Crippen molar-refractivity contribution in [3.63, 3.8) is 0 Å². The molecule has 2 aromatic carbocycles. The van der Waals surface area contributed by atoms with E-state index in [1.165, 1.54) is 33.4 Å². The number of aryl methyl sites for hydroxylation is 1. The topological polar surface area (TPSA) is 0 Å². The molecule has 0 saturated heterocycles. The van der Waals surface area contributed by atoms with Crippen molar-refractivity contribution in [2.24, 2.45) is 0 Å². The fraction of sp³-hybridized carbons (Fsp3) is 0.300. The average molecular weight is 262 g/mol. The molecule has 0 aliphatic heterocycles. The van der Waals surface area contributed by atoms with Crippen LogP contribution in [0, 0.1) is 6.92 Å². The van der Waals surface area contributed by atoms with Crippen LogP contribution in [-0.4, -0.2) is 0 Å². The first kappa shape index (κ1) is 13.2. The molecule has 20 heavy (non-hydrogen) atoms. The van der Waals surface area contributed by atoms with Gasteiger partial charge in [-0.2, -0.15) is 0 Å². The molecule has 0 saturated carbocycles. The lowest BCUT2D eigenvalue weighted by atomic mass is 9.79. The van der Waals surface area contributed by atoms with E-state index in [9.17, 15) is 0 Å². The van der Waals surface area contributed by atoms with Gasteiger partial charge < -0.3 is 0 Å². The molecule has 0 nitrogen and oxygen atoms in total. The Morgan fingerprint density at radius 3 is 2.50 bits per heavy atom. The second-order valence-corrected chi connectivity index (χ2v) is 6.20. The molecule has 0 amide bonds. The monoisotopic (exact) mass is 262 g/mol. The lowest BCUT2D eigenvalue weighted by Crippen LogP contribution is -2.16. The van der Waals surface area contributed by atoms with Gasteiger partial charge in [0.2, 0.25) is 0 Å². The van der Waals surface area contributed by atoms with Crippen molar-refractivity contribution in [3.05, 3.63) is 64.7 Å². The molecule has 3 rings (SSSR count). The predicted octanol–water partition coefficient (Wildman–Crippen LogP) is 5.72. The molecule has 2 aromatic rings. The standard InChI is InChI=1S/C20H22/c1-5-6-9-15-14(2)12-13-17-16-10-7-8-11-18(16)20(3,4)19(15)17/h6-13H,5H2,1-4H3/b9-6-. The number of benzene rings is 2. The Balaban J connectivity index is 2.34. The molecular weight excluding hydrogens is 240 g/mol. The summed E-state index contributed by atoms with van der Waals surface area (Å²) < 4.78 is 0. The van der Waals surface area contributed by atoms with Crippen molar-refractivity contribution >= 4 is 6.08 Å². The van der Waals surface area contributed by atoms with Crippen LogP contribution in [0.15, 0.2) is 42.5 Å². The van der Waals surface area contributed by atoms with E-state index in [4.69, 9.17) is 0 Å². The summed E-state index contributed by atoms with van der Waals surface area (Å²) in [5, 5.41) is 0. The zero-order chi connectivity index (χ0) is 14.3. The van der Waals surface area contributed by atoms with Crippen molar-refractivity contribution in [3.8, 4) is 11.1 Å². The largest absolute Gasteiger partial charge is 0.0842 e. The minimum Gasteiger partial charge on any atom is -0.0842 e. The van der Waals surface area contributed by atoms with E-state index < -0.39 is 0 Å². The van der Waals surface area contributed by atoms with Gasteiger partial charge in [0.1, 0.15) is 0 Å². The fourth-order valence-corrected chi connectivity index (χ4v) is 3.47. The zero-order valence-electron chi connectivity index (χ0n) is 12.8. The molecule has 0 radical (unpaired) electrons. The van der Waals surface area contributed by atoms with Crippen LogP contribution in [0.1, 0.15) is 49.4 Å². The van der Waals surface area contributed by atoms with Crippen LogP contribution in [0.2, 0.25) is 0 Å². The molecule has 0 spiro atoms. The first-order chi connectivity index (χ1) is 9.57. The second kappa shape index (κ2) is 4.63. The minimum absolute atomic E-state index is 0.0887. The van der Waals surface area contributed by atoms with Crippen molar-refractivity contribution < 1.29 is 0 Å². The number of hydrogen-bond acceptors (Lipinski definition) is 0. The van der Waals surface area contributed by atoms with Gasteiger partial charge in [-0.05, 0) is 46.7 Å². The SMILES string of the molecule is CC/C=C\c1c(C)ccc2c1C(C)(C)c1ccccc1-2. The smallest absolute Gasteiger partial charge is 0.0164 e. The number of hydrogen-bond donors (Lipinski definition) is 0. The average Bonchev–Trinajstić information content (AvgIpc) is 2.67. The van der Waals surface area contributed by atoms with Crippen LogP contribution in [0.25, 0.3) is 17.2 Å². The molecule has 1 aliphatic carbocycles. The Morgan fingerprint density at radius 2 is 1.75 bits per heavy atom. The lowest BCUT2D eigenvalue weighted by Gasteiger charge is -2.24. The first-order valence-electron chi connectivity index (χ1n) is 7.48. The van der Waals surface area contributed by atoms with Gasteiger partial charge in [-0.1, -0.05) is 69.3 Å². The highest BCUT2D eigenvalue weighted by molar-refractivity contribution is 5.85. The van der Waals surface area contributed by atoms with Crippen LogP contribution in [0.3, 0.4) is 0 Å². The summed E-state index contributed by atoms with van der Waals surface area (Å²) in [5.74, 6) is 0. The maximum Gasteiger partial charge on any atom is 0.0164 e. The van der Waals surface area contributed by atoms with Crippen molar-refractivity contribution in [1.29, 1.82) is 0 Å². The van der Waals surface area contributed by atoms with E-state index in [1.807, 2.05) is 0 Å². The Kier molecular flexibility index (Phi) is 3.05. The molecule has 0 heteroatoms. The van der Waals surface area contributed by atoms with E-state index in [1.54, 1.807) is 0 Å². The highest BCUT2D eigenvalue weighted by Crippen LogP contribution is 2.50. The van der Waals surface area contributed by atoms with E-state index in [0.29, 0.717) is 0 Å². The molecule has 0 aromatic heterocycles. The molecule has 1 aliphatic rings. The maximum atomic E-state index is 2.35. The molecular formula is C20H22. The Labute approximate surface area is 122 Å². The Hall–Kier alpha value is -1.82. The molecule has 0 bridgehead atoms. The Bertz CT molecular complexity index is 687. The van der Waals surface area contributed by atoms with Gasteiger partial charge in [0.15, 0.2) is 0 Å². The number of fused-ring (bicyclic) bond motifs is 3. The third-order valence-electron chi connectivity index (χ3n) is 4.50. The van der Waals surface area contributed by atoms with E-state index in [0.717, 1.165) is 6.42 Å². The van der Waals surface area contributed by atoms with E-state index >= 15 is 0 Å².